The highest BCUT2D eigenvalue weighted by atomic mass is 79.9. The van der Waals surface area contributed by atoms with Gasteiger partial charge in [-0.25, -0.2) is 4.98 Å². The summed E-state index contributed by atoms with van der Waals surface area (Å²) in [4.78, 5) is 4.12. The molecule has 10 heteroatoms. The molecule has 0 aliphatic carbocycles. The minimum absolute atomic E-state index is 0.103. The van der Waals surface area contributed by atoms with Gasteiger partial charge in [-0.1, -0.05) is 12.1 Å². The number of rotatable bonds is 5. The second-order valence-electron chi connectivity index (χ2n) is 4.58. The van der Waals surface area contributed by atoms with E-state index >= 15 is 0 Å². The Morgan fingerprint density at radius 2 is 1.87 bits per heavy atom. The quantitative estimate of drug-likeness (QED) is 0.699. The highest BCUT2D eigenvalue weighted by Gasteiger charge is 2.30. The molecule has 0 bridgehead atoms. The van der Waals surface area contributed by atoms with Gasteiger partial charge in [0.15, 0.2) is 10.6 Å². The molecule has 0 atom stereocenters. The van der Waals surface area contributed by atoms with E-state index in [4.69, 9.17) is 4.42 Å². The van der Waals surface area contributed by atoms with Crippen molar-refractivity contribution >= 4 is 26.0 Å². The van der Waals surface area contributed by atoms with Crippen molar-refractivity contribution in [3.8, 4) is 11.3 Å². The SMILES string of the molecule is CS(=O)(=O)OCCc1nc(-c2ccc(C(F)(F)F)cc2)c(Br)o1. The molecule has 0 N–H and O–H groups in total. The lowest BCUT2D eigenvalue weighted by atomic mass is 10.1. The maximum Gasteiger partial charge on any atom is 0.416 e. The summed E-state index contributed by atoms with van der Waals surface area (Å²) < 4.78 is 69.4. The van der Waals surface area contributed by atoms with Gasteiger partial charge in [-0.05, 0) is 28.1 Å². The summed E-state index contributed by atoms with van der Waals surface area (Å²) in [6.45, 7) is -0.141. The third kappa shape index (κ3) is 5.05. The first-order valence-corrected chi connectivity index (χ1v) is 8.84. The van der Waals surface area contributed by atoms with Gasteiger partial charge >= 0.3 is 6.18 Å². The minimum atomic E-state index is -4.41. The fraction of sp³-hybridized carbons (Fsp3) is 0.308. The number of benzene rings is 1. The average Bonchev–Trinajstić information content (AvgIpc) is 2.77. The number of alkyl halides is 3. The molecule has 0 saturated carbocycles. The summed E-state index contributed by atoms with van der Waals surface area (Å²) in [6.07, 6.45) is -3.38. The summed E-state index contributed by atoms with van der Waals surface area (Å²) in [6, 6.07) is 4.45. The predicted octanol–water partition coefficient (Wildman–Crippen LogP) is 3.64. The highest BCUT2D eigenvalue weighted by molar-refractivity contribution is 9.10. The molecule has 2 rings (SSSR count). The largest absolute Gasteiger partial charge is 0.433 e. The molecule has 0 amide bonds. The van der Waals surface area contributed by atoms with E-state index in [1.54, 1.807) is 0 Å². The van der Waals surface area contributed by atoms with E-state index in [-0.39, 0.29) is 23.6 Å². The molecule has 0 spiro atoms. The van der Waals surface area contributed by atoms with E-state index in [0.717, 1.165) is 18.4 Å². The first-order valence-electron chi connectivity index (χ1n) is 6.23. The molecule has 0 fully saturated rings. The maximum absolute atomic E-state index is 12.5. The number of nitrogens with zero attached hydrogens (tertiary/aromatic N) is 1. The van der Waals surface area contributed by atoms with E-state index in [1.165, 1.54) is 12.1 Å². The standard InChI is InChI=1S/C13H11BrF3NO4S/c1-23(19,20)21-7-6-10-18-11(12(14)22-10)8-2-4-9(5-3-8)13(15,16)17/h2-5H,6-7H2,1H3. The zero-order valence-corrected chi connectivity index (χ0v) is 14.1. The number of aromatic nitrogens is 1. The van der Waals surface area contributed by atoms with Crippen LogP contribution < -0.4 is 0 Å². The smallest absolute Gasteiger partial charge is 0.416 e. The Balaban J connectivity index is 2.14. The van der Waals surface area contributed by atoms with Gasteiger partial charge in [0.2, 0.25) is 0 Å². The molecule has 0 saturated heterocycles. The average molecular weight is 414 g/mol. The third-order valence-corrected chi connectivity index (χ3v) is 3.86. The first kappa shape index (κ1) is 18.0. The van der Waals surface area contributed by atoms with Crippen molar-refractivity contribution in [2.24, 2.45) is 0 Å². The molecule has 1 aromatic carbocycles. The van der Waals surface area contributed by atoms with Crippen LogP contribution in [-0.2, 0) is 26.9 Å². The Morgan fingerprint density at radius 1 is 1.26 bits per heavy atom. The van der Waals surface area contributed by atoms with Crippen molar-refractivity contribution in [2.45, 2.75) is 12.6 Å². The van der Waals surface area contributed by atoms with Gasteiger partial charge in [0, 0.05) is 12.0 Å². The van der Waals surface area contributed by atoms with E-state index in [0.29, 0.717) is 11.3 Å². The minimum Gasteiger partial charge on any atom is -0.433 e. The Bertz CT molecular complexity index is 785. The van der Waals surface area contributed by atoms with Crippen LogP contribution in [0.2, 0.25) is 0 Å². The van der Waals surface area contributed by atoms with Crippen molar-refractivity contribution in [1.82, 2.24) is 4.98 Å². The van der Waals surface area contributed by atoms with E-state index in [1.807, 2.05) is 0 Å². The Hall–Kier alpha value is -1.39. The summed E-state index contributed by atoms with van der Waals surface area (Å²) in [5.41, 5.74) is -0.000343. The van der Waals surface area contributed by atoms with Gasteiger partial charge in [-0.3, -0.25) is 4.18 Å². The maximum atomic E-state index is 12.5. The second-order valence-corrected chi connectivity index (χ2v) is 6.95. The van der Waals surface area contributed by atoms with E-state index in [9.17, 15) is 21.6 Å². The summed E-state index contributed by atoms with van der Waals surface area (Å²) >= 11 is 3.13. The zero-order chi connectivity index (χ0) is 17.3. The third-order valence-electron chi connectivity index (χ3n) is 2.73. The van der Waals surface area contributed by atoms with Crippen LogP contribution in [0.25, 0.3) is 11.3 Å². The van der Waals surface area contributed by atoms with Gasteiger partial charge < -0.3 is 4.42 Å². The molecule has 0 aliphatic rings. The topological polar surface area (TPSA) is 69.4 Å². The first-order chi connectivity index (χ1) is 10.6. The van der Waals surface area contributed by atoms with Crippen molar-refractivity contribution in [3.63, 3.8) is 0 Å². The molecule has 0 aliphatic heterocycles. The summed E-state index contributed by atoms with van der Waals surface area (Å²) in [5.74, 6) is 0.204. The molecule has 2 aromatic rings. The molecule has 0 radical (unpaired) electrons. The van der Waals surface area contributed by atoms with Crippen LogP contribution in [-0.4, -0.2) is 26.3 Å². The van der Waals surface area contributed by atoms with Gasteiger partial charge in [0.1, 0.15) is 5.69 Å². The van der Waals surface area contributed by atoms with Gasteiger partial charge in [-0.2, -0.15) is 21.6 Å². The van der Waals surface area contributed by atoms with Crippen LogP contribution in [0.5, 0.6) is 0 Å². The normalized spacial score (nSPS) is 12.6. The molecule has 1 aromatic heterocycles. The summed E-state index contributed by atoms with van der Waals surface area (Å²) in [7, 11) is -3.56. The Kier molecular flexibility index (Phi) is 5.17. The molecular formula is C13H11BrF3NO4S. The fourth-order valence-electron chi connectivity index (χ4n) is 1.73. The second kappa shape index (κ2) is 6.62. The van der Waals surface area contributed by atoms with Crippen LogP contribution in [0.4, 0.5) is 13.2 Å². The van der Waals surface area contributed by atoms with Crippen LogP contribution in [0.3, 0.4) is 0 Å². The number of hydrogen-bond acceptors (Lipinski definition) is 5. The lowest BCUT2D eigenvalue weighted by Gasteiger charge is -2.06. The van der Waals surface area contributed by atoms with Crippen LogP contribution in [0.1, 0.15) is 11.5 Å². The van der Waals surface area contributed by atoms with Gasteiger partial charge in [0.25, 0.3) is 10.1 Å². The molecule has 23 heavy (non-hydrogen) atoms. The monoisotopic (exact) mass is 413 g/mol. The predicted molar refractivity (Wildman–Crippen MR) is 79.1 cm³/mol. The number of oxazole rings is 1. The lowest BCUT2D eigenvalue weighted by Crippen LogP contribution is -2.06. The number of hydrogen-bond donors (Lipinski definition) is 0. The van der Waals surface area contributed by atoms with Crippen LogP contribution >= 0.6 is 15.9 Å². The molecule has 126 valence electrons. The van der Waals surface area contributed by atoms with Crippen LogP contribution in [0, 0.1) is 0 Å². The highest BCUT2D eigenvalue weighted by Crippen LogP contribution is 2.33. The molecular weight excluding hydrogens is 403 g/mol. The van der Waals surface area contributed by atoms with Crippen molar-refractivity contribution in [3.05, 3.63) is 40.4 Å². The zero-order valence-electron chi connectivity index (χ0n) is 11.7. The summed E-state index contributed by atoms with van der Waals surface area (Å²) in [5, 5.41) is 0. The molecule has 0 unspecified atom stereocenters. The Labute approximate surface area is 138 Å². The van der Waals surface area contributed by atoms with Gasteiger partial charge in [0.05, 0.1) is 18.4 Å². The van der Waals surface area contributed by atoms with Gasteiger partial charge in [-0.15, -0.1) is 0 Å². The van der Waals surface area contributed by atoms with Crippen LogP contribution in [0.15, 0.2) is 33.4 Å². The fourth-order valence-corrected chi connectivity index (χ4v) is 2.62. The lowest BCUT2D eigenvalue weighted by molar-refractivity contribution is -0.137. The van der Waals surface area contributed by atoms with Crippen molar-refractivity contribution in [1.29, 1.82) is 0 Å². The van der Waals surface area contributed by atoms with Crippen molar-refractivity contribution < 1.29 is 30.2 Å². The Morgan fingerprint density at radius 3 is 2.39 bits per heavy atom. The van der Waals surface area contributed by atoms with E-state index in [2.05, 4.69) is 25.1 Å². The molecule has 1 heterocycles. The van der Waals surface area contributed by atoms with Crippen molar-refractivity contribution in [2.75, 3.05) is 12.9 Å². The van der Waals surface area contributed by atoms with E-state index < -0.39 is 21.9 Å². The molecule has 5 nitrogen and oxygen atoms in total. The number of halogens is 4.